The first kappa shape index (κ1) is 21.3. The Bertz CT molecular complexity index is 1140. The molecular weight excluding hydrogens is 392 g/mol. The van der Waals surface area contributed by atoms with Crippen molar-refractivity contribution in [2.24, 2.45) is 5.92 Å². The number of ether oxygens (including phenoxy) is 1. The number of nitrogens with zero attached hydrogens (tertiary/aromatic N) is 3. The summed E-state index contributed by atoms with van der Waals surface area (Å²) >= 11 is 0. The fourth-order valence-corrected chi connectivity index (χ4v) is 4.74. The predicted octanol–water partition coefficient (Wildman–Crippen LogP) is 3.67. The van der Waals surface area contributed by atoms with Crippen LogP contribution >= 0.6 is 0 Å². The van der Waals surface area contributed by atoms with Crippen LogP contribution < -0.4 is 5.32 Å². The van der Waals surface area contributed by atoms with E-state index in [0.29, 0.717) is 25.2 Å². The van der Waals surface area contributed by atoms with E-state index in [-0.39, 0.29) is 18.3 Å². The van der Waals surface area contributed by atoms with Gasteiger partial charge in [-0.1, -0.05) is 19.1 Å². The van der Waals surface area contributed by atoms with E-state index in [1.165, 1.54) is 7.11 Å². The number of carbonyl (C=O) groups is 2. The quantitative estimate of drug-likeness (QED) is 0.634. The van der Waals surface area contributed by atoms with Crippen molar-refractivity contribution in [2.45, 2.75) is 64.8 Å². The number of carbonyl (C=O) groups excluding carboxylic acids is 2. The first-order valence-electron chi connectivity index (χ1n) is 11.0. The number of benzene rings is 1. The molecule has 2 heterocycles. The maximum absolute atomic E-state index is 12.9. The number of fused-ring (bicyclic) bond motifs is 3. The predicted molar refractivity (Wildman–Crippen MR) is 119 cm³/mol. The molecule has 1 aliphatic carbocycles. The van der Waals surface area contributed by atoms with Gasteiger partial charge in [-0.25, -0.2) is 14.3 Å². The highest BCUT2D eigenvalue weighted by atomic mass is 16.5. The van der Waals surface area contributed by atoms with Crippen molar-refractivity contribution in [2.75, 3.05) is 7.11 Å². The number of esters is 1. The molecule has 1 saturated carbocycles. The van der Waals surface area contributed by atoms with Crippen LogP contribution in [0.3, 0.4) is 0 Å². The molecule has 0 atom stereocenters. The second kappa shape index (κ2) is 8.29. The SMILES string of the molecule is COC(=O)C1(NC(=O)CCc2c(C)nc3c4ccccc4nn3c2C)CCC(C)CC1. The van der Waals surface area contributed by atoms with Crippen molar-refractivity contribution in [1.82, 2.24) is 19.9 Å². The topological polar surface area (TPSA) is 85.6 Å². The van der Waals surface area contributed by atoms with Gasteiger partial charge in [0.1, 0.15) is 5.54 Å². The van der Waals surface area contributed by atoms with E-state index in [9.17, 15) is 9.59 Å². The summed E-state index contributed by atoms with van der Waals surface area (Å²) in [5.74, 6) is 0.0817. The molecule has 4 rings (SSSR count). The summed E-state index contributed by atoms with van der Waals surface area (Å²) in [4.78, 5) is 30.1. The van der Waals surface area contributed by atoms with Crippen LogP contribution in [0.4, 0.5) is 0 Å². The molecule has 7 heteroatoms. The van der Waals surface area contributed by atoms with Gasteiger partial charge < -0.3 is 10.1 Å². The summed E-state index contributed by atoms with van der Waals surface area (Å²) in [6.45, 7) is 6.16. The van der Waals surface area contributed by atoms with E-state index in [4.69, 9.17) is 9.72 Å². The van der Waals surface area contributed by atoms with Crippen molar-refractivity contribution >= 4 is 28.4 Å². The average molecular weight is 423 g/mol. The van der Waals surface area contributed by atoms with Crippen molar-refractivity contribution in [3.8, 4) is 0 Å². The molecule has 1 aliphatic rings. The van der Waals surface area contributed by atoms with Crippen molar-refractivity contribution in [3.05, 3.63) is 41.2 Å². The molecule has 7 nitrogen and oxygen atoms in total. The van der Waals surface area contributed by atoms with Gasteiger partial charge in [0.25, 0.3) is 0 Å². The lowest BCUT2D eigenvalue weighted by Crippen LogP contribution is -2.56. The van der Waals surface area contributed by atoms with Crippen LogP contribution in [-0.2, 0) is 20.7 Å². The van der Waals surface area contributed by atoms with Crippen LogP contribution in [0, 0.1) is 19.8 Å². The second-order valence-electron chi connectivity index (χ2n) is 8.82. The Labute approximate surface area is 182 Å². The number of hydrogen-bond acceptors (Lipinski definition) is 5. The summed E-state index contributed by atoms with van der Waals surface area (Å²) in [6, 6.07) is 7.94. The zero-order chi connectivity index (χ0) is 22.2. The molecular formula is C24H30N4O3. The molecule has 0 saturated heterocycles. The largest absolute Gasteiger partial charge is 0.467 e. The summed E-state index contributed by atoms with van der Waals surface area (Å²) < 4.78 is 6.90. The van der Waals surface area contributed by atoms with E-state index in [1.54, 1.807) is 0 Å². The number of nitrogens with one attached hydrogen (secondary N) is 1. The van der Waals surface area contributed by atoms with Gasteiger partial charge in [-0.05, 0) is 69.6 Å². The third-order valence-electron chi connectivity index (χ3n) is 6.70. The van der Waals surface area contributed by atoms with Gasteiger partial charge >= 0.3 is 5.97 Å². The minimum absolute atomic E-state index is 0.135. The Morgan fingerprint density at radius 2 is 1.94 bits per heavy atom. The molecule has 1 amide bonds. The van der Waals surface area contributed by atoms with Gasteiger partial charge in [0.15, 0.2) is 5.65 Å². The third-order valence-corrected chi connectivity index (χ3v) is 6.70. The standard InChI is InChI=1S/C24H30N4O3/c1-15-11-13-24(14-12-15,23(30)31-4)26-21(29)10-9-18-16(2)25-22-19-7-5-6-8-20(19)27-28(22)17(18)3/h5-8,15H,9-14H2,1-4H3,(H,26,29). The second-order valence-corrected chi connectivity index (χ2v) is 8.82. The van der Waals surface area contributed by atoms with Crippen LogP contribution in [0.2, 0.25) is 0 Å². The Morgan fingerprint density at radius 1 is 1.23 bits per heavy atom. The van der Waals surface area contributed by atoms with Gasteiger partial charge in [-0.2, -0.15) is 5.10 Å². The van der Waals surface area contributed by atoms with E-state index in [0.717, 1.165) is 46.3 Å². The van der Waals surface area contributed by atoms with Gasteiger partial charge in [-0.15, -0.1) is 0 Å². The number of aromatic nitrogens is 3. The third kappa shape index (κ3) is 3.89. The molecule has 2 aromatic heterocycles. The van der Waals surface area contributed by atoms with Gasteiger partial charge in [0.05, 0.1) is 12.6 Å². The van der Waals surface area contributed by atoms with Crippen molar-refractivity contribution in [1.29, 1.82) is 0 Å². The Kier molecular flexibility index (Phi) is 5.69. The smallest absolute Gasteiger partial charge is 0.331 e. The Balaban J connectivity index is 1.53. The number of methoxy groups -OCH3 is 1. The molecule has 164 valence electrons. The molecule has 3 aromatic rings. The maximum Gasteiger partial charge on any atom is 0.331 e. The highest BCUT2D eigenvalue weighted by molar-refractivity contribution is 5.92. The summed E-state index contributed by atoms with van der Waals surface area (Å²) in [5.41, 5.74) is 3.74. The molecule has 0 spiro atoms. The molecule has 0 unspecified atom stereocenters. The molecule has 0 radical (unpaired) electrons. The van der Waals surface area contributed by atoms with Gasteiger partial charge in [0.2, 0.25) is 5.91 Å². The lowest BCUT2D eigenvalue weighted by molar-refractivity contribution is -0.153. The van der Waals surface area contributed by atoms with Crippen LogP contribution in [0.15, 0.2) is 24.3 Å². The normalized spacial score (nSPS) is 21.4. The van der Waals surface area contributed by atoms with Crippen LogP contribution in [0.5, 0.6) is 0 Å². The van der Waals surface area contributed by atoms with E-state index >= 15 is 0 Å². The minimum Gasteiger partial charge on any atom is -0.467 e. The van der Waals surface area contributed by atoms with Crippen LogP contribution in [-0.4, -0.2) is 39.1 Å². The summed E-state index contributed by atoms with van der Waals surface area (Å²) in [6.07, 6.45) is 3.87. The zero-order valence-electron chi connectivity index (χ0n) is 18.7. The molecule has 0 aliphatic heterocycles. The monoisotopic (exact) mass is 422 g/mol. The number of rotatable bonds is 5. The number of aryl methyl sites for hydroxylation is 2. The number of hydrogen-bond donors (Lipinski definition) is 1. The Morgan fingerprint density at radius 3 is 2.65 bits per heavy atom. The fourth-order valence-electron chi connectivity index (χ4n) is 4.74. The first-order valence-corrected chi connectivity index (χ1v) is 11.0. The van der Waals surface area contributed by atoms with E-state index in [2.05, 4.69) is 17.3 Å². The maximum atomic E-state index is 12.9. The molecule has 31 heavy (non-hydrogen) atoms. The summed E-state index contributed by atoms with van der Waals surface area (Å²) in [5, 5.41) is 8.72. The molecule has 1 aromatic carbocycles. The zero-order valence-corrected chi connectivity index (χ0v) is 18.7. The lowest BCUT2D eigenvalue weighted by Gasteiger charge is -2.37. The highest BCUT2D eigenvalue weighted by Crippen LogP contribution is 2.33. The lowest BCUT2D eigenvalue weighted by atomic mass is 9.77. The first-order chi connectivity index (χ1) is 14.8. The van der Waals surface area contributed by atoms with Crippen molar-refractivity contribution < 1.29 is 14.3 Å². The molecule has 0 bridgehead atoms. The summed E-state index contributed by atoms with van der Waals surface area (Å²) in [7, 11) is 1.38. The van der Waals surface area contributed by atoms with E-state index < -0.39 is 5.54 Å². The van der Waals surface area contributed by atoms with Crippen molar-refractivity contribution in [3.63, 3.8) is 0 Å². The van der Waals surface area contributed by atoms with Gasteiger partial charge in [-0.3, -0.25) is 4.79 Å². The fraction of sp³-hybridized carbons (Fsp3) is 0.500. The minimum atomic E-state index is -0.898. The van der Waals surface area contributed by atoms with Gasteiger partial charge in [0, 0.05) is 23.2 Å². The van der Waals surface area contributed by atoms with E-state index in [1.807, 2.05) is 42.6 Å². The van der Waals surface area contributed by atoms with Crippen LogP contribution in [0.25, 0.3) is 16.6 Å². The average Bonchev–Trinajstić information content (AvgIpc) is 3.13. The highest BCUT2D eigenvalue weighted by Gasteiger charge is 2.43. The molecule has 1 fully saturated rings. The molecule has 1 N–H and O–H groups in total. The Hall–Kier alpha value is -2.96. The number of amides is 1. The van der Waals surface area contributed by atoms with Crippen LogP contribution in [0.1, 0.15) is 56.0 Å².